The van der Waals surface area contributed by atoms with Gasteiger partial charge >= 0.3 is 6.09 Å². The fraction of sp³-hybridized carbons (Fsp3) is 0.406. The molecule has 0 N–H and O–H groups in total. The molecule has 2 aliphatic rings. The van der Waals surface area contributed by atoms with Crippen LogP contribution in [0.25, 0.3) is 11.1 Å². The Hall–Kier alpha value is -3.28. The number of rotatable bonds is 4. The van der Waals surface area contributed by atoms with E-state index in [-0.39, 0.29) is 23.2 Å². The average molecular weight is 522 g/mol. The van der Waals surface area contributed by atoms with E-state index in [0.717, 1.165) is 36.0 Å². The van der Waals surface area contributed by atoms with Gasteiger partial charge in [0.1, 0.15) is 23.1 Å². The van der Waals surface area contributed by atoms with Crippen LogP contribution in [0.4, 0.5) is 18.0 Å². The van der Waals surface area contributed by atoms with Gasteiger partial charge in [-0.3, -0.25) is 0 Å². The Morgan fingerprint density at radius 3 is 2.18 bits per heavy atom. The van der Waals surface area contributed by atoms with Gasteiger partial charge in [-0.1, -0.05) is 55.8 Å². The molecule has 1 saturated heterocycles. The molecule has 3 nitrogen and oxygen atoms in total. The minimum absolute atomic E-state index is 0.0627. The smallest absolute Gasteiger partial charge is 0.410 e. The SMILES string of the molecule is CC(C)(C)OC(=O)N1C[C@@H](c2ccc(-c3c(F)cccc3F)cc2)[C@@](C)(c2ccc(F)c(C3CCC3)c2)C1. The Morgan fingerprint density at radius 2 is 1.61 bits per heavy atom. The van der Waals surface area contributed by atoms with Crippen LogP contribution in [0.1, 0.15) is 75.5 Å². The lowest BCUT2D eigenvalue weighted by atomic mass is 9.69. The Morgan fingerprint density at radius 1 is 0.947 bits per heavy atom. The fourth-order valence-corrected chi connectivity index (χ4v) is 5.81. The highest BCUT2D eigenvalue weighted by Gasteiger charge is 2.48. The summed E-state index contributed by atoms with van der Waals surface area (Å²) in [4.78, 5) is 14.8. The summed E-state index contributed by atoms with van der Waals surface area (Å²) < 4.78 is 49.3. The van der Waals surface area contributed by atoms with E-state index < -0.39 is 28.7 Å². The topological polar surface area (TPSA) is 29.5 Å². The van der Waals surface area contributed by atoms with Crippen LogP contribution in [0.3, 0.4) is 0 Å². The van der Waals surface area contributed by atoms with Crippen molar-refractivity contribution in [2.75, 3.05) is 13.1 Å². The number of halogens is 3. The molecule has 3 aromatic carbocycles. The maximum atomic E-state index is 14.8. The summed E-state index contributed by atoms with van der Waals surface area (Å²) in [7, 11) is 0. The first-order valence-corrected chi connectivity index (χ1v) is 13.3. The van der Waals surface area contributed by atoms with Gasteiger partial charge in [0.2, 0.25) is 0 Å². The second-order valence-electron chi connectivity index (χ2n) is 11.9. The average Bonchev–Trinajstić information content (AvgIpc) is 3.17. The molecule has 1 amide bonds. The van der Waals surface area contributed by atoms with Crippen LogP contribution in [-0.4, -0.2) is 29.7 Å². The third-order valence-electron chi connectivity index (χ3n) is 8.11. The van der Waals surface area contributed by atoms with Gasteiger partial charge in [0.15, 0.2) is 0 Å². The van der Waals surface area contributed by atoms with Crippen LogP contribution in [0, 0.1) is 17.5 Å². The van der Waals surface area contributed by atoms with Gasteiger partial charge in [0, 0.05) is 24.4 Å². The van der Waals surface area contributed by atoms with Crippen molar-refractivity contribution in [2.45, 2.75) is 69.8 Å². The van der Waals surface area contributed by atoms with E-state index in [2.05, 4.69) is 6.92 Å². The second kappa shape index (κ2) is 9.79. The molecule has 1 aliphatic carbocycles. The van der Waals surface area contributed by atoms with Gasteiger partial charge in [-0.05, 0) is 80.0 Å². The zero-order valence-electron chi connectivity index (χ0n) is 22.4. The summed E-state index contributed by atoms with van der Waals surface area (Å²) in [6.45, 7) is 8.43. The maximum absolute atomic E-state index is 14.8. The highest BCUT2D eigenvalue weighted by Crippen LogP contribution is 2.47. The lowest BCUT2D eigenvalue weighted by molar-refractivity contribution is 0.0284. The van der Waals surface area contributed by atoms with Gasteiger partial charge < -0.3 is 9.64 Å². The van der Waals surface area contributed by atoms with E-state index in [1.54, 1.807) is 23.1 Å². The third kappa shape index (κ3) is 4.93. The molecule has 200 valence electrons. The van der Waals surface area contributed by atoms with E-state index in [4.69, 9.17) is 4.74 Å². The van der Waals surface area contributed by atoms with Crippen molar-refractivity contribution in [1.82, 2.24) is 4.90 Å². The monoisotopic (exact) mass is 521 g/mol. The molecule has 0 unspecified atom stereocenters. The lowest BCUT2D eigenvalue weighted by Gasteiger charge is -2.34. The highest BCUT2D eigenvalue weighted by molar-refractivity contribution is 5.70. The molecule has 1 aliphatic heterocycles. The minimum Gasteiger partial charge on any atom is -0.444 e. The first kappa shape index (κ1) is 26.3. The minimum atomic E-state index is -0.635. The number of nitrogens with zero attached hydrogens (tertiary/aromatic N) is 1. The number of benzene rings is 3. The van der Waals surface area contributed by atoms with Crippen LogP contribution in [0.2, 0.25) is 0 Å². The van der Waals surface area contributed by atoms with Crippen LogP contribution in [-0.2, 0) is 10.2 Å². The summed E-state index contributed by atoms with van der Waals surface area (Å²) >= 11 is 0. The molecule has 0 bridgehead atoms. The summed E-state index contributed by atoms with van der Waals surface area (Å²) in [5.74, 6) is -1.31. The van der Waals surface area contributed by atoms with E-state index in [1.807, 2.05) is 45.0 Å². The number of hydrogen-bond acceptors (Lipinski definition) is 2. The fourth-order valence-electron chi connectivity index (χ4n) is 5.81. The molecule has 2 fully saturated rings. The Balaban J connectivity index is 1.53. The first-order chi connectivity index (χ1) is 18.0. The van der Waals surface area contributed by atoms with Crippen molar-refractivity contribution >= 4 is 6.09 Å². The predicted octanol–water partition coefficient (Wildman–Crippen LogP) is 8.33. The summed E-state index contributed by atoms with van der Waals surface area (Å²) in [6.07, 6.45) is 2.69. The van der Waals surface area contributed by atoms with Crippen LogP contribution >= 0.6 is 0 Å². The Labute approximate surface area is 222 Å². The van der Waals surface area contributed by atoms with Crippen molar-refractivity contribution in [2.24, 2.45) is 0 Å². The molecule has 2 atom stereocenters. The molecular formula is C32H34F3NO2. The number of carbonyl (C=O) groups excluding carboxylic acids is 1. The van der Waals surface area contributed by atoms with Crippen molar-refractivity contribution < 1.29 is 22.7 Å². The number of amides is 1. The first-order valence-electron chi connectivity index (χ1n) is 13.3. The maximum Gasteiger partial charge on any atom is 0.410 e. The predicted molar refractivity (Wildman–Crippen MR) is 143 cm³/mol. The number of ether oxygens (including phenoxy) is 1. The summed E-state index contributed by atoms with van der Waals surface area (Å²) in [5, 5.41) is 0. The van der Waals surface area contributed by atoms with Crippen molar-refractivity contribution in [3.05, 3.63) is 94.8 Å². The molecule has 38 heavy (non-hydrogen) atoms. The summed E-state index contributed by atoms with van der Waals surface area (Å²) in [5.41, 5.74) is 1.89. The molecule has 5 rings (SSSR count). The number of hydrogen-bond donors (Lipinski definition) is 0. The molecule has 6 heteroatoms. The molecule has 1 saturated carbocycles. The van der Waals surface area contributed by atoms with Crippen molar-refractivity contribution in [3.8, 4) is 11.1 Å². The van der Waals surface area contributed by atoms with Crippen LogP contribution in [0.5, 0.6) is 0 Å². The highest BCUT2D eigenvalue weighted by atomic mass is 19.1. The van der Waals surface area contributed by atoms with E-state index in [1.165, 1.54) is 18.2 Å². The van der Waals surface area contributed by atoms with Crippen LogP contribution < -0.4 is 0 Å². The largest absolute Gasteiger partial charge is 0.444 e. The zero-order valence-corrected chi connectivity index (χ0v) is 22.4. The van der Waals surface area contributed by atoms with Gasteiger partial charge in [-0.15, -0.1) is 0 Å². The van der Waals surface area contributed by atoms with Crippen LogP contribution in [0.15, 0.2) is 60.7 Å². The van der Waals surface area contributed by atoms with Gasteiger partial charge in [-0.2, -0.15) is 0 Å². The normalized spacial score (nSPS) is 21.9. The Bertz CT molecular complexity index is 1320. The molecule has 0 spiro atoms. The second-order valence-corrected chi connectivity index (χ2v) is 11.9. The van der Waals surface area contributed by atoms with Crippen molar-refractivity contribution in [1.29, 1.82) is 0 Å². The molecular weight excluding hydrogens is 487 g/mol. The lowest BCUT2D eigenvalue weighted by Crippen LogP contribution is -2.37. The van der Waals surface area contributed by atoms with E-state index in [0.29, 0.717) is 18.7 Å². The third-order valence-corrected chi connectivity index (χ3v) is 8.11. The van der Waals surface area contributed by atoms with E-state index >= 15 is 0 Å². The van der Waals surface area contributed by atoms with Gasteiger partial charge in [0.05, 0.1) is 5.56 Å². The quantitative estimate of drug-likeness (QED) is 0.345. The standard InChI is InChI=1S/C32H34F3NO2/c1-31(2,3)38-30(37)36-18-25(21-11-13-22(14-12-21)29-27(34)9-6-10-28(29)35)32(4,19-36)23-15-16-26(33)24(17-23)20-7-5-8-20/h6,9-17,20,25H,5,7-8,18-19H2,1-4H3/t25-,32+/m0/s1. The number of carbonyl (C=O) groups is 1. The van der Waals surface area contributed by atoms with Gasteiger partial charge in [-0.25, -0.2) is 18.0 Å². The zero-order chi connectivity index (χ0) is 27.2. The van der Waals surface area contributed by atoms with E-state index in [9.17, 15) is 18.0 Å². The molecule has 3 aromatic rings. The molecule has 0 aromatic heterocycles. The Kier molecular flexibility index (Phi) is 6.79. The summed E-state index contributed by atoms with van der Waals surface area (Å²) in [6, 6.07) is 16.4. The van der Waals surface area contributed by atoms with Crippen molar-refractivity contribution in [3.63, 3.8) is 0 Å². The molecule has 0 radical (unpaired) electrons. The molecule has 1 heterocycles. The number of likely N-dealkylation sites (tertiary alicyclic amines) is 1. The van der Waals surface area contributed by atoms with Gasteiger partial charge in [0.25, 0.3) is 0 Å².